The maximum Gasteiger partial charge on any atom is 0.329 e. The van der Waals surface area contributed by atoms with E-state index in [1.54, 1.807) is 86.3 Å². The first kappa shape index (κ1) is 66.8. The van der Waals surface area contributed by atoms with Gasteiger partial charge in [0.1, 0.15) is 92.6 Å². The van der Waals surface area contributed by atoms with Gasteiger partial charge in [-0.25, -0.2) is 19.2 Å². The molecule has 0 aliphatic carbocycles. The van der Waals surface area contributed by atoms with Crippen molar-refractivity contribution in [3.05, 3.63) is 108 Å². The van der Waals surface area contributed by atoms with Gasteiger partial charge in [0.15, 0.2) is 12.2 Å². The summed E-state index contributed by atoms with van der Waals surface area (Å²) < 4.78 is 48.3. The molecule has 2 aromatic carbocycles. The largest absolute Gasteiger partial charge is 0.486 e. The highest BCUT2D eigenvalue weighted by Crippen LogP contribution is 2.27. The first-order valence-corrected chi connectivity index (χ1v) is 29.7. The van der Waals surface area contributed by atoms with Crippen LogP contribution in [0.2, 0.25) is 0 Å². The molecule has 1 aliphatic heterocycles. The Bertz CT molecular complexity index is 2530. The van der Waals surface area contributed by atoms with Gasteiger partial charge in [-0.15, -0.1) is 0 Å². The molecule has 0 N–H and O–H groups in total. The quantitative estimate of drug-likeness (QED) is 0.0525. The summed E-state index contributed by atoms with van der Waals surface area (Å²) in [5.74, 6) is -0.00810. The third kappa shape index (κ3) is 19.6. The van der Waals surface area contributed by atoms with Crippen molar-refractivity contribution in [1.82, 2.24) is 19.6 Å². The summed E-state index contributed by atoms with van der Waals surface area (Å²) in [7, 11) is 6.74. The number of nitrogens with zero attached hydrogens (tertiary/aromatic N) is 4. The Morgan fingerprint density at radius 3 is 0.976 bits per heavy atom. The van der Waals surface area contributed by atoms with E-state index in [0.717, 1.165) is 11.1 Å². The minimum absolute atomic E-state index is 0.0158. The van der Waals surface area contributed by atoms with E-state index in [1.165, 1.54) is 0 Å². The summed E-state index contributed by atoms with van der Waals surface area (Å²) in [5.41, 5.74) is 1.54. The first-order valence-electron chi connectivity index (χ1n) is 28.1. The highest BCUT2D eigenvalue weighted by atomic mass is 32.1. The Morgan fingerprint density at radius 1 is 0.427 bits per heavy atom. The molecule has 20 heteroatoms. The predicted octanol–water partition coefficient (Wildman–Crippen LogP) is 11.2. The third-order valence-electron chi connectivity index (χ3n) is 14.1. The van der Waals surface area contributed by atoms with Crippen molar-refractivity contribution in [2.24, 2.45) is 23.7 Å². The van der Waals surface area contributed by atoms with E-state index in [4.69, 9.17) is 86.1 Å². The molecule has 448 valence electrons. The molecule has 4 aromatic rings. The normalized spacial score (nSPS) is 22.9. The molecule has 16 nitrogen and oxygen atoms in total. The number of ether oxygens (including phenoxy) is 6. The zero-order valence-electron chi connectivity index (χ0n) is 50.0. The van der Waals surface area contributed by atoms with E-state index in [-0.39, 0.29) is 69.7 Å². The number of rotatable bonds is 18. The van der Waals surface area contributed by atoms with Crippen LogP contribution in [0.25, 0.3) is 0 Å². The zero-order chi connectivity index (χ0) is 60.5. The standard InChI is InChI=1S/C62H84N4O12S4/c1-37(2)29-49-59(67)75-41(9)55(79)63(11)52(32-40(7)8)62(70)78-54(34-44-21-25-46(26-22-44)74-36-48-18-16-28-72-48)58(82)66(14)50(30-38(3)4)60(68)76-42(10)56(80)64(12)51(31-39(5)6)61(69)77-53(57(81)65(49)13)33-43-19-23-45(24-20-43)73-35-47-17-15-27-71-47/h15-28,37-42,49-54H,29-36H2,1-14H3. The van der Waals surface area contributed by atoms with Crippen LogP contribution in [-0.4, -0.2) is 140 Å². The van der Waals surface area contributed by atoms with E-state index in [2.05, 4.69) is 0 Å². The van der Waals surface area contributed by atoms with Gasteiger partial charge in [0, 0.05) is 41.0 Å². The molecule has 3 heterocycles. The molecular formula is C62H84N4O12S4. The van der Waals surface area contributed by atoms with Gasteiger partial charge in [-0.3, -0.25) is 0 Å². The molecule has 1 aliphatic rings. The lowest BCUT2D eigenvalue weighted by molar-refractivity contribution is -0.152. The summed E-state index contributed by atoms with van der Waals surface area (Å²) in [6.45, 7) is 19.6. The van der Waals surface area contributed by atoms with E-state index < -0.39 is 72.5 Å². The van der Waals surface area contributed by atoms with Crippen molar-refractivity contribution in [2.75, 3.05) is 28.2 Å². The molecule has 82 heavy (non-hydrogen) atoms. The fraction of sp³-hybridized carbons (Fsp3) is 0.548. The van der Waals surface area contributed by atoms with Gasteiger partial charge in [0.25, 0.3) is 0 Å². The second kappa shape index (κ2) is 31.6. The fourth-order valence-corrected chi connectivity index (χ4v) is 10.3. The number of esters is 4. The number of carbonyl (C=O) groups is 4. The lowest BCUT2D eigenvalue weighted by Gasteiger charge is -2.38. The lowest BCUT2D eigenvalue weighted by atomic mass is 10.00. The number of cyclic esters (lactones) is 4. The molecule has 0 bridgehead atoms. The Kier molecular flexibility index (Phi) is 25.8. The average Bonchev–Trinajstić information content (AvgIpc) is 4.31. The van der Waals surface area contributed by atoms with Crippen LogP contribution in [-0.2, 0) is 64.2 Å². The predicted molar refractivity (Wildman–Crippen MR) is 332 cm³/mol. The number of thiocarbonyl (C=S) groups is 4. The highest BCUT2D eigenvalue weighted by molar-refractivity contribution is 7.81. The van der Waals surface area contributed by atoms with Gasteiger partial charge >= 0.3 is 23.9 Å². The second-order valence-electron chi connectivity index (χ2n) is 22.8. The average molecular weight is 1210 g/mol. The van der Waals surface area contributed by atoms with Crippen LogP contribution in [0.15, 0.2) is 94.2 Å². The van der Waals surface area contributed by atoms with Crippen LogP contribution in [0, 0.1) is 23.7 Å². The van der Waals surface area contributed by atoms with Crippen LogP contribution >= 0.6 is 48.9 Å². The molecule has 0 radical (unpaired) electrons. The van der Waals surface area contributed by atoms with Gasteiger partial charge < -0.3 is 56.9 Å². The Morgan fingerprint density at radius 2 is 0.707 bits per heavy atom. The summed E-state index contributed by atoms with van der Waals surface area (Å²) in [6, 6.07) is 18.1. The maximum absolute atomic E-state index is 14.9. The summed E-state index contributed by atoms with van der Waals surface area (Å²) >= 11 is 24.6. The third-order valence-corrected chi connectivity index (χ3v) is 16.4. The second-order valence-corrected chi connectivity index (χ2v) is 24.5. The Labute approximate surface area is 506 Å². The monoisotopic (exact) mass is 1200 g/mol. The van der Waals surface area contributed by atoms with Crippen LogP contribution in [0.5, 0.6) is 11.5 Å². The van der Waals surface area contributed by atoms with Gasteiger partial charge in [-0.1, -0.05) is 129 Å². The Balaban J connectivity index is 1.57. The zero-order valence-corrected chi connectivity index (χ0v) is 53.3. The van der Waals surface area contributed by atoms with Crippen LogP contribution in [0.1, 0.15) is 118 Å². The molecule has 0 spiro atoms. The molecule has 5 rings (SSSR count). The number of hydrogen-bond acceptors (Lipinski definition) is 16. The van der Waals surface area contributed by atoms with Crippen molar-refractivity contribution >= 4 is 92.7 Å². The lowest BCUT2D eigenvalue weighted by Crippen LogP contribution is -2.54. The number of hydrogen-bond donors (Lipinski definition) is 0. The van der Waals surface area contributed by atoms with Gasteiger partial charge in [-0.2, -0.15) is 0 Å². The number of benzene rings is 2. The topological polar surface area (TPSA) is 163 Å². The summed E-state index contributed by atoms with van der Waals surface area (Å²) in [4.78, 5) is 66.5. The van der Waals surface area contributed by atoms with E-state index >= 15 is 0 Å². The minimum atomic E-state index is -1.07. The summed E-state index contributed by atoms with van der Waals surface area (Å²) in [6.07, 6.45) is 0.540. The molecule has 0 saturated carbocycles. The maximum atomic E-state index is 14.9. The van der Waals surface area contributed by atoms with Crippen LogP contribution < -0.4 is 9.47 Å². The minimum Gasteiger partial charge on any atom is -0.486 e. The van der Waals surface area contributed by atoms with Gasteiger partial charge in [-0.05, 0) is 123 Å². The van der Waals surface area contributed by atoms with Crippen molar-refractivity contribution in [2.45, 2.75) is 170 Å². The summed E-state index contributed by atoms with van der Waals surface area (Å²) in [5, 5.41) is 0. The van der Waals surface area contributed by atoms with Crippen molar-refractivity contribution in [1.29, 1.82) is 0 Å². The number of furan rings is 2. The molecule has 1 saturated heterocycles. The fourth-order valence-electron chi connectivity index (χ4n) is 9.45. The van der Waals surface area contributed by atoms with E-state index in [0.29, 0.717) is 48.7 Å². The van der Waals surface area contributed by atoms with Crippen LogP contribution in [0.3, 0.4) is 0 Å². The van der Waals surface area contributed by atoms with E-state index in [1.807, 2.05) is 116 Å². The molecule has 2 aromatic heterocycles. The van der Waals surface area contributed by atoms with Crippen molar-refractivity contribution in [3.63, 3.8) is 0 Å². The van der Waals surface area contributed by atoms with Crippen molar-refractivity contribution in [3.8, 4) is 11.5 Å². The van der Waals surface area contributed by atoms with Crippen LogP contribution in [0.4, 0.5) is 0 Å². The molecule has 8 unspecified atom stereocenters. The SMILES string of the molecule is CC(C)CC1C(=O)OC(Cc2ccc(OCc3ccco3)cc2)C(=S)N(C)C(CC(C)C)C(=O)OC(C)C(=S)N(C)C(CC(C)C)C(=O)OC(Cc2ccc(OCc3ccco3)cc2)C(=S)N(C)C(CC(C)C)C(=O)OC(C)C(=S)N1C. The first-order chi connectivity index (χ1) is 38.7. The molecule has 8 atom stereocenters. The van der Waals surface area contributed by atoms with Crippen molar-refractivity contribution < 1.29 is 56.4 Å². The molecule has 0 amide bonds. The molecule has 1 fully saturated rings. The highest BCUT2D eigenvalue weighted by Gasteiger charge is 2.40. The number of likely N-dealkylation sites (N-methyl/N-ethyl adjacent to an activating group) is 4. The van der Waals surface area contributed by atoms with Gasteiger partial charge in [0.2, 0.25) is 0 Å². The smallest absolute Gasteiger partial charge is 0.329 e. The van der Waals surface area contributed by atoms with E-state index in [9.17, 15) is 19.2 Å². The van der Waals surface area contributed by atoms with Gasteiger partial charge in [0.05, 0.1) is 12.5 Å². The number of carbonyl (C=O) groups excluding carboxylic acids is 4. The Hall–Kier alpha value is -5.96. The molecular weight excluding hydrogens is 1120 g/mol.